The van der Waals surface area contributed by atoms with Crippen LogP contribution in [0.1, 0.15) is 50.2 Å². The average Bonchev–Trinajstić information content (AvgIpc) is 2.59. The third-order valence-corrected chi connectivity index (χ3v) is 4.22. The number of hydrazone groups is 1. The number of nitrogens with one attached hydrogen (secondary N) is 2. The molecule has 23 heavy (non-hydrogen) atoms. The van der Waals surface area contributed by atoms with Gasteiger partial charge in [0.25, 0.3) is 5.91 Å². The highest BCUT2D eigenvalue weighted by molar-refractivity contribution is 5.99. The van der Waals surface area contributed by atoms with Gasteiger partial charge in [-0.2, -0.15) is 5.10 Å². The Bertz CT molecular complexity index is 572. The van der Waals surface area contributed by atoms with Crippen molar-refractivity contribution in [1.29, 1.82) is 0 Å². The highest BCUT2D eigenvalue weighted by Crippen LogP contribution is 2.23. The van der Waals surface area contributed by atoms with Crippen molar-refractivity contribution in [2.75, 3.05) is 6.54 Å². The van der Waals surface area contributed by atoms with Gasteiger partial charge in [0.15, 0.2) is 0 Å². The highest BCUT2D eigenvalue weighted by atomic mass is 16.2. The Morgan fingerprint density at radius 2 is 1.78 bits per heavy atom. The molecule has 1 aromatic rings. The van der Waals surface area contributed by atoms with E-state index in [1.165, 1.54) is 12.0 Å². The number of hydrogen-bond donors (Lipinski definition) is 2. The number of hydrogen-bond acceptors (Lipinski definition) is 3. The monoisotopic (exact) mass is 315 g/mol. The summed E-state index contributed by atoms with van der Waals surface area (Å²) >= 11 is 0. The molecular formula is C18H25N3O2. The van der Waals surface area contributed by atoms with Crippen LogP contribution in [0.4, 0.5) is 0 Å². The minimum Gasteiger partial charge on any atom is -0.347 e. The molecule has 0 aliphatic heterocycles. The molecule has 2 rings (SSSR count). The zero-order valence-corrected chi connectivity index (χ0v) is 13.9. The van der Waals surface area contributed by atoms with Gasteiger partial charge in [0, 0.05) is 5.92 Å². The Balaban J connectivity index is 1.76. The molecule has 124 valence electrons. The number of carbonyl (C=O) groups excluding carboxylic acids is 2. The molecule has 0 spiro atoms. The topological polar surface area (TPSA) is 70.6 Å². The largest absolute Gasteiger partial charge is 0.347 e. The molecule has 0 heterocycles. The van der Waals surface area contributed by atoms with Crippen molar-refractivity contribution >= 4 is 17.5 Å². The second-order valence-electron chi connectivity index (χ2n) is 6.15. The van der Waals surface area contributed by atoms with Crippen molar-refractivity contribution in [1.82, 2.24) is 10.7 Å². The van der Waals surface area contributed by atoms with Crippen molar-refractivity contribution in [3.63, 3.8) is 0 Å². The van der Waals surface area contributed by atoms with Gasteiger partial charge in [0.1, 0.15) is 0 Å². The van der Waals surface area contributed by atoms with Crippen LogP contribution in [0.3, 0.4) is 0 Å². The van der Waals surface area contributed by atoms with Crippen LogP contribution in [-0.2, 0) is 9.59 Å². The summed E-state index contributed by atoms with van der Waals surface area (Å²) in [5.74, 6) is -0.256. The average molecular weight is 315 g/mol. The number of aryl methyl sites for hydroxylation is 1. The van der Waals surface area contributed by atoms with Crippen LogP contribution < -0.4 is 10.7 Å². The van der Waals surface area contributed by atoms with Crippen molar-refractivity contribution in [3.8, 4) is 0 Å². The number of rotatable bonds is 5. The predicted molar refractivity (Wildman–Crippen MR) is 91.1 cm³/mol. The van der Waals surface area contributed by atoms with E-state index in [9.17, 15) is 9.59 Å². The fourth-order valence-electron chi connectivity index (χ4n) is 2.72. The van der Waals surface area contributed by atoms with Gasteiger partial charge < -0.3 is 5.32 Å². The zero-order chi connectivity index (χ0) is 16.7. The van der Waals surface area contributed by atoms with Crippen molar-refractivity contribution in [2.24, 2.45) is 11.0 Å². The number of benzene rings is 1. The molecule has 0 radical (unpaired) electrons. The molecular weight excluding hydrogens is 290 g/mol. The van der Waals surface area contributed by atoms with E-state index in [2.05, 4.69) is 15.8 Å². The van der Waals surface area contributed by atoms with Crippen molar-refractivity contribution < 1.29 is 9.59 Å². The second-order valence-corrected chi connectivity index (χ2v) is 6.15. The quantitative estimate of drug-likeness (QED) is 0.647. The zero-order valence-electron chi connectivity index (χ0n) is 13.9. The molecule has 1 saturated carbocycles. The lowest BCUT2D eigenvalue weighted by Crippen LogP contribution is -2.39. The van der Waals surface area contributed by atoms with Gasteiger partial charge in [-0.15, -0.1) is 0 Å². The van der Waals surface area contributed by atoms with Crippen LogP contribution in [0, 0.1) is 12.8 Å². The van der Waals surface area contributed by atoms with Gasteiger partial charge in [-0.05, 0) is 32.3 Å². The lowest BCUT2D eigenvalue weighted by atomic mass is 9.89. The van der Waals surface area contributed by atoms with E-state index in [1.54, 1.807) is 0 Å². The van der Waals surface area contributed by atoms with Gasteiger partial charge in [-0.3, -0.25) is 9.59 Å². The molecule has 0 atom stereocenters. The van der Waals surface area contributed by atoms with Gasteiger partial charge in [0.05, 0.1) is 12.3 Å². The third-order valence-electron chi connectivity index (χ3n) is 4.22. The van der Waals surface area contributed by atoms with Gasteiger partial charge in [0.2, 0.25) is 5.91 Å². The van der Waals surface area contributed by atoms with Gasteiger partial charge in [-0.1, -0.05) is 49.1 Å². The van der Waals surface area contributed by atoms with Crippen LogP contribution in [0.2, 0.25) is 0 Å². The molecule has 0 unspecified atom stereocenters. The fraction of sp³-hybridized carbons (Fsp3) is 0.500. The molecule has 0 saturated heterocycles. The second kappa shape index (κ2) is 8.46. The first-order chi connectivity index (χ1) is 11.1. The summed E-state index contributed by atoms with van der Waals surface area (Å²) in [4.78, 5) is 23.8. The Morgan fingerprint density at radius 1 is 1.13 bits per heavy atom. The molecule has 0 bridgehead atoms. The molecule has 5 heteroatoms. The van der Waals surface area contributed by atoms with E-state index in [-0.39, 0.29) is 24.3 Å². The van der Waals surface area contributed by atoms with E-state index >= 15 is 0 Å². The van der Waals surface area contributed by atoms with Crippen molar-refractivity contribution in [3.05, 3.63) is 35.4 Å². The maximum Gasteiger partial charge on any atom is 0.259 e. The van der Waals surface area contributed by atoms with Crippen LogP contribution in [0.15, 0.2) is 29.4 Å². The van der Waals surface area contributed by atoms with E-state index in [0.29, 0.717) is 0 Å². The van der Waals surface area contributed by atoms with E-state index in [4.69, 9.17) is 0 Å². The van der Waals surface area contributed by atoms with Crippen LogP contribution in [0.25, 0.3) is 0 Å². The summed E-state index contributed by atoms with van der Waals surface area (Å²) < 4.78 is 0. The molecule has 1 aliphatic carbocycles. The van der Waals surface area contributed by atoms with Crippen LogP contribution >= 0.6 is 0 Å². The van der Waals surface area contributed by atoms with Gasteiger partial charge >= 0.3 is 0 Å². The molecule has 1 aromatic carbocycles. The Kier molecular flexibility index (Phi) is 6.32. The summed E-state index contributed by atoms with van der Waals surface area (Å²) in [6.45, 7) is 3.83. The first-order valence-corrected chi connectivity index (χ1v) is 8.24. The molecule has 1 fully saturated rings. The molecule has 5 nitrogen and oxygen atoms in total. The lowest BCUT2D eigenvalue weighted by Gasteiger charge is -2.20. The van der Waals surface area contributed by atoms with Crippen molar-refractivity contribution in [2.45, 2.75) is 46.0 Å². The Hall–Kier alpha value is -2.17. The highest BCUT2D eigenvalue weighted by Gasteiger charge is 2.21. The van der Waals surface area contributed by atoms with Crippen LogP contribution in [-0.4, -0.2) is 24.1 Å². The number of carbonyl (C=O) groups is 2. The standard InChI is InChI=1S/C18H25N3O2/c1-13-8-10-15(11-9-13)14(2)20-21-17(22)12-19-18(23)16-6-4-3-5-7-16/h8-11,16H,3-7,12H2,1-2H3,(H,19,23)(H,21,22). The van der Waals surface area contributed by atoms with E-state index in [0.717, 1.165) is 37.0 Å². The smallest absolute Gasteiger partial charge is 0.259 e. The normalized spacial score (nSPS) is 16.0. The first-order valence-electron chi connectivity index (χ1n) is 8.24. The fourth-order valence-corrected chi connectivity index (χ4v) is 2.72. The maximum absolute atomic E-state index is 12.0. The van der Waals surface area contributed by atoms with E-state index in [1.807, 2.05) is 38.1 Å². The molecule has 2 amide bonds. The van der Waals surface area contributed by atoms with E-state index < -0.39 is 0 Å². The van der Waals surface area contributed by atoms with Crippen LogP contribution in [0.5, 0.6) is 0 Å². The summed E-state index contributed by atoms with van der Waals surface area (Å²) in [6, 6.07) is 7.93. The number of amides is 2. The molecule has 0 aromatic heterocycles. The molecule has 2 N–H and O–H groups in total. The Labute approximate surface area is 137 Å². The third kappa shape index (κ3) is 5.51. The Morgan fingerprint density at radius 3 is 2.43 bits per heavy atom. The minimum absolute atomic E-state index is 0.0147. The molecule has 1 aliphatic rings. The summed E-state index contributed by atoms with van der Waals surface area (Å²) in [7, 11) is 0. The minimum atomic E-state index is -0.305. The summed E-state index contributed by atoms with van der Waals surface area (Å²) in [5, 5.41) is 6.78. The predicted octanol–water partition coefficient (Wildman–Crippen LogP) is 2.53. The SMILES string of the molecule is CC(=NNC(=O)CNC(=O)C1CCCCC1)c1ccc(C)cc1. The van der Waals surface area contributed by atoms with Gasteiger partial charge in [-0.25, -0.2) is 5.43 Å². The summed E-state index contributed by atoms with van der Waals surface area (Å²) in [6.07, 6.45) is 5.27. The lowest BCUT2D eigenvalue weighted by molar-refractivity contribution is -0.129. The first kappa shape index (κ1) is 17.2. The summed E-state index contributed by atoms with van der Waals surface area (Å²) in [5.41, 5.74) is 5.36. The maximum atomic E-state index is 12.0. The number of nitrogens with zero attached hydrogens (tertiary/aromatic N) is 1.